The maximum absolute atomic E-state index is 13.3. The highest BCUT2D eigenvalue weighted by Crippen LogP contribution is 2.35. The fourth-order valence-electron chi connectivity index (χ4n) is 3.65. The van der Waals surface area contributed by atoms with Gasteiger partial charge < -0.3 is 9.84 Å². The molecule has 0 saturated heterocycles. The molecule has 0 bridgehead atoms. The van der Waals surface area contributed by atoms with Gasteiger partial charge in [0.15, 0.2) is 5.75 Å². The quantitative estimate of drug-likeness (QED) is 0.204. The fraction of sp³-hybridized carbons (Fsp3) is 0.185. The van der Waals surface area contributed by atoms with Crippen LogP contribution in [0.25, 0.3) is 10.9 Å². The van der Waals surface area contributed by atoms with Gasteiger partial charge in [-0.3, -0.25) is 4.79 Å². The van der Waals surface area contributed by atoms with Crippen LogP contribution in [0.1, 0.15) is 53.5 Å². The number of carboxylic acid groups (broad SMARTS) is 1. The van der Waals surface area contributed by atoms with E-state index in [0.29, 0.717) is 43.1 Å². The number of ether oxygens (including phenoxy) is 1. The van der Waals surface area contributed by atoms with Crippen molar-refractivity contribution in [2.45, 2.75) is 32.8 Å². The molecule has 0 unspecified atom stereocenters. The molecule has 0 aliphatic carbocycles. The Morgan fingerprint density at radius 1 is 1.22 bits per heavy atom. The van der Waals surface area contributed by atoms with Gasteiger partial charge in [-0.25, -0.2) is 9.78 Å². The van der Waals surface area contributed by atoms with Gasteiger partial charge in [0.1, 0.15) is 12.4 Å². The molecule has 0 radical (unpaired) electrons. The summed E-state index contributed by atoms with van der Waals surface area (Å²) in [6.45, 7) is 4.17. The molecular formula is C27H22Br2ClN3O4. The predicted octanol–water partition coefficient (Wildman–Crippen LogP) is 7.25. The lowest BCUT2D eigenvalue weighted by Gasteiger charge is -2.14. The van der Waals surface area contributed by atoms with Gasteiger partial charge in [0.05, 0.1) is 32.2 Å². The minimum atomic E-state index is -1.01. The van der Waals surface area contributed by atoms with E-state index in [1.165, 1.54) is 10.7 Å². The molecule has 37 heavy (non-hydrogen) atoms. The first kappa shape index (κ1) is 27.0. The summed E-state index contributed by atoms with van der Waals surface area (Å²) in [6, 6.07) is 15.4. The van der Waals surface area contributed by atoms with Crippen molar-refractivity contribution in [1.29, 1.82) is 0 Å². The molecule has 190 valence electrons. The van der Waals surface area contributed by atoms with Crippen molar-refractivity contribution in [3.63, 3.8) is 0 Å². The molecule has 1 heterocycles. The number of aromatic carboxylic acids is 1. The van der Waals surface area contributed by atoms with Crippen LogP contribution < -0.4 is 10.3 Å². The average molecular weight is 648 g/mol. The Morgan fingerprint density at radius 2 is 2.00 bits per heavy atom. The molecule has 3 aromatic carbocycles. The summed E-state index contributed by atoms with van der Waals surface area (Å²) in [5.74, 6) is -0.000296. The van der Waals surface area contributed by atoms with E-state index in [9.17, 15) is 14.7 Å². The number of hydrogen-bond donors (Lipinski definition) is 1. The van der Waals surface area contributed by atoms with E-state index in [4.69, 9.17) is 21.3 Å². The van der Waals surface area contributed by atoms with Crippen molar-refractivity contribution in [1.82, 2.24) is 9.66 Å². The van der Waals surface area contributed by atoms with Gasteiger partial charge in [-0.2, -0.15) is 9.78 Å². The van der Waals surface area contributed by atoms with Gasteiger partial charge >= 0.3 is 5.97 Å². The zero-order chi connectivity index (χ0) is 26.7. The zero-order valence-corrected chi connectivity index (χ0v) is 23.8. The van der Waals surface area contributed by atoms with E-state index in [1.54, 1.807) is 42.6 Å². The second-order valence-electron chi connectivity index (χ2n) is 8.41. The van der Waals surface area contributed by atoms with E-state index >= 15 is 0 Å². The molecule has 7 nitrogen and oxygen atoms in total. The first-order chi connectivity index (χ1) is 17.7. The van der Waals surface area contributed by atoms with E-state index in [1.807, 2.05) is 26.0 Å². The van der Waals surface area contributed by atoms with Crippen LogP contribution in [0.2, 0.25) is 5.02 Å². The van der Waals surface area contributed by atoms with Crippen LogP contribution in [0, 0.1) is 0 Å². The average Bonchev–Trinajstić information content (AvgIpc) is 2.87. The normalized spacial score (nSPS) is 12.2. The van der Waals surface area contributed by atoms with Crippen LogP contribution in [-0.2, 0) is 6.61 Å². The first-order valence-electron chi connectivity index (χ1n) is 11.4. The van der Waals surface area contributed by atoms with Gasteiger partial charge in [0, 0.05) is 10.4 Å². The zero-order valence-electron chi connectivity index (χ0n) is 19.9. The van der Waals surface area contributed by atoms with E-state index in [-0.39, 0.29) is 23.6 Å². The van der Waals surface area contributed by atoms with Crippen molar-refractivity contribution < 1.29 is 14.6 Å². The van der Waals surface area contributed by atoms with Crippen LogP contribution in [0.5, 0.6) is 5.75 Å². The smallest absolute Gasteiger partial charge is 0.335 e. The van der Waals surface area contributed by atoms with Gasteiger partial charge in [0.25, 0.3) is 5.56 Å². The number of aromatic nitrogens is 2. The maximum Gasteiger partial charge on any atom is 0.335 e. The largest absolute Gasteiger partial charge is 0.486 e. The highest BCUT2D eigenvalue weighted by atomic mass is 79.9. The number of carboxylic acids is 1. The van der Waals surface area contributed by atoms with Gasteiger partial charge in [-0.05, 0) is 75.9 Å². The summed E-state index contributed by atoms with van der Waals surface area (Å²) in [5, 5.41) is 14.5. The molecule has 1 N–H and O–H groups in total. The molecule has 0 spiro atoms. The third-order valence-corrected chi connectivity index (χ3v) is 7.15. The van der Waals surface area contributed by atoms with Crippen molar-refractivity contribution in [3.05, 3.63) is 101 Å². The van der Waals surface area contributed by atoms with Gasteiger partial charge in [-0.1, -0.05) is 53.5 Å². The van der Waals surface area contributed by atoms with Gasteiger partial charge in [0.2, 0.25) is 0 Å². The first-order valence-corrected chi connectivity index (χ1v) is 13.3. The minimum Gasteiger partial charge on any atom is -0.486 e. The Balaban J connectivity index is 1.64. The Labute approximate surface area is 235 Å². The molecule has 0 fully saturated rings. The third-order valence-electron chi connectivity index (χ3n) is 5.79. The highest BCUT2D eigenvalue weighted by molar-refractivity contribution is 9.10. The second-order valence-corrected chi connectivity index (χ2v) is 10.6. The summed E-state index contributed by atoms with van der Waals surface area (Å²) in [6.07, 6.45) is 2.35. The number of fused-ring (bicyclic) bond motifs is 1. The summed E-state index contributed by atoms with van der Waals surface area (Å²) >= 11 is 13.4. The molecular weight excluding hydrogens is 626 g/mol. The van der Waals surface area contributed by atoms with Crippen molar-refractivity contribution in [3.8, 4) is 5.75 Å². The molecule has 0 saturated carbocycles. The van der Waals surface area contributed by atoms with E-state index in [2.05, 4.69) is 37.0 Å². The van der Waals surface area contributed by atoms with Crippen molar-refractivity contribution in [2.24, 2.45) is 5.10 Å². The van der Waals surface area contributed by atoms with Crippen molar-refractivity contribution >= 4 is 66.5 Å². The number of hydrogen-bond acceptors (Lipinski definition) is 5. The minimum absolute atomic E-state index is 0.0172. The summed E-state index contributed by atoms with van der Waals surface area (Å²) in [4.78, 5) is 29.2. The lowest BCUT2D eigenvalue weighted by atomic mass is 10.1. The lowest BCUT2D eigenvalue weighted by molar-refractivity contribution is 0.0696. The molecule has 0 aliphatic rings. The van der Waals surface area contributed by atoms with Crippen LogP contribution in [0.4, 0.5) is 0 Å². The predicted molar refractivity (Wildman–Crippen MR) is 152 cm³/mol. The number of benzene rings is 3. The summed E-state index contributed by atoms with van der Waals surface area (Å²) in [7, 11) is 0. The Morgan fingerprint density at radius 3 is 2.70 bits per heavy atom. The van der Waals surface area contributed by atoms with E-state index < -0.39 is 5.97 Å². The number of rotatable bonds is 8. The van der Waals surface area contributed by atoms with Crippen LogP contribution in [-0.4, -0.2) is 27.0 Å². The summed E-state index contributed by atoms with van der Waals surface area (Å²) < 4.78 is 8.57. The maximum atomic E-state index is 13.3. The topological polar surface area (TPSA) is 93.8 Å². The number of halogens is 3. The molecule has 10 heteroatoms. The van der Waals surface area contributed by atoms with Crippen LogP contribution in [0.3, 0.4) is 0 Å². The molecule has 1 aromatic heterocycles. The monoisotopic (exact) mass is 645 g/mol. The molecule has 1 atom stereocenters. The Kier molecular flexibility index (Phi) is 8.46. The highest BCUT2D eigenvalue weighted by Gasteiger charge is 2.16. The number of carbonyl (C=O) groups is 1. The van der Waals surface area contributed by atoms with Crippen LogP contribution in [0.15, 0.2) is 73.4 Å². The molecule has 0 aliphatic heterocycles. The lowest BCUT2D eigenvalue weighted by Crippen LogP contribution is -2.23. The summed E-state index contributed by atoms with van der Waals surface area (Å²) in [5.41, 5.74) is 1.89. The standard InChI is InChI=1S/C27H22Br2ClN3O4/c1-3-15(2)25-32-23-8-7-19(28)12-20(23)26(34)33(25)31-13-17-10-21(29)24(22(30)11-17)37-14-16-5-4-6-18(9-16)27(35)36/h4-13,15H,3,14H2,1-2H3,(H,35,36)/t15-/m0/s1. The third kappa shape index (κ3) is 6.11. The molecule has 0 amide bonds. The SMILES string of the molecule is CC[C@H](C)c1nc2ccc(Br)cc2c(=O)n1N=Cc1cc(Cl)c(OCc2cccc(C(=O)O)c2)c(Br)c1. The number of nitrogens with zero attached hydrogens (tertiary/aromatic N) is 3. The van der Waals surface area contributed by atoms with Gasteiger partial charge in [-0.15, -0.1) is 0 Å². The Hall–Kier alpha value is -3.01. The fourth-order valence-corrected chi connectivity index (χ4v) is 4.99. The van der Waals surface area contributed by atoms with Crippen LogP contribution >= 0.6 is 43.5 Å². The van der Waals surface area contributed by atoms with Crippen molar-refractivity contribution in [2.75, 3.05) is 0 Å². The molecule has 4 aromatic rings. The molecule has 4 rings (SSSR count). The Bertz CT molecular complexity index is 1560. The van der Waals surface area contributed by atoms with E-state index in [0.717, 1.165) is 10.9 Å². The second kappa shape index (κ2) is 11.6.